The van der Waals surface area contributed by atoms with E-state index in [1.807, 2.05) is 54.6 Å². The van der Waals surface area contributed by atoms with Crippen LogP contribution in [-0.4, -0.2) is 49.3 Å². The lowest BCUT2D eigenvalue weighted by Crippen LogP contribution is -2.54. The molecule has 0 radical (unpaired) electrons. The summed E-state index contributed by atoms with van der Waals surface area (Å²) in [6.45, 7) is 8.43. The summed E-state index contributed by atoms with van der Waals surface area (Å²) in [5.74, 6) is 0.801. The van der Waals surface area contributed by atoms with Crippen LogP contribution in [0.5, 0.6) is 5.75 Å². The molecule has 28 heavy (non-hydrogen) atoms. The van der Waals surface area contributed by atoms with Gasteiger partial charge in [0.05, 0.1) is 13.2 Å². The quantitative estimate of drug-likeness (QED) is 0.768. The lowest BCUT2D eigenvalue weighted by Gasteiger charge is -2.42. The molecule has 0 aliphatic carbocycles. The fourth-order valence-electron chi connectivity index (χ4n) is 3.22. The second kappa shape index (κ2) is 9.57. The zero-order chi connectivity index (χ0) is 19.8. The number of benzene rings is 2. The Kier molecular flexibility index (Phi) is 6.90. The van der Waals surface area contributed by atoms with Crippen molar-refractivity contribution in [1.82, 2.24) is 10.2 Å². The molecule has 1 aliphatic rings. The molecule has 0 saturated carbocycles. The first-order valence-corrected chi connectivity index (χ1v) is 9.68. The Balaban J connectivity index is 1.48. The van der Waals surface area contributed by atoms with Crippen molar-refractivity contribution >= 4 is 11.7 Å². The number of ether oxygens (including phenoxy) is 2. The molecule has 0 aromatic heterocycles. The van der Waals surface area contributed by atoms with Crippen molar-refractivity contribution in [1.29, 1.82) is 0 Å². The van der Waals surface area contributed by atoms with Crippen LogP contribution in [0, 0.1) is 0 Å². The number of morpholine rings is 1. The Morgan fingerprint density at radius 3 is 2.68 bits per heavy atom. The zero-order valence-electron chi connectivity index (χ0n) is 16.6. The van der Waals surface area contributed by atoms with E-state index in [1.54, 1.807) is 0 Å². The van der Waals surface area contributed by atoms with E-state index in [0.717, 1.165) is 36.7 Å². The molecule has 2 N–H and O–H groups in total. The summed E-state index contributed by atoms with van der Waals surface area (Å²) in [4.78, 5) is 14.7. The zero-order valence-corrected chi connectivity index (χ0v) is 16.6. The molecule has 6 nitrogen and oxygen atoms in total. The molecule has 150 valence electrons. The van der Waals surface area contributed by atoms with Crippen LogP contribution < -0.4 is 15.4 Å². The van der Waals surface area contributed by atoms with Crippen molar-refractivity contribution in [3.05, 3.63) is 60.2 Å². The van der Waals surface area contributed by atoms with E-state index in [1.165, 1.54) is 0 Å². The summed E-state index contributed by atoms with van der Waals surface area (Å²) >= 11 is 0. The highest BCUT2D eigenvalue weighted by atomic mass is 16.5. The summed E-state index contributed by atoms with van der Waals surface area (Å²) in [5, 5.41) is 5.88. The Morgan fingerprint density at radius 1 is 1.14 bits per heavy atom. The van der Waals surface area contributed by atoms with Crippen LogP contribution >= 0.6 is 0 Å². The molecule has 1 saturated heterocycles. The van der Waals surface area contributed by atoms with Gasteiger partial charge in [-0.2, -0.15) is 0 Å². The molecule has 1 heterocycles. The number of carbonyl (C=O) groups excluding carboxylic acids is 1. The third kappa shape index (κ3) is 5.71. The van der Waals surface area contributed by atoms with Gasteiger partial charge >= 0.3 is 6.03 Å². The van der Waals surface area contributed by atoms with E-state index in [2.05, 4.69) is 29.4 Å². The summed E-state index contributed by atoms with van der Waals surface area (Å²) < 4.78 is 11.3. The number of nitrogens with one attached hydrogen (secondary N) is 2. The highest BCUT2D eigenvalue weighted by Gasteiger charge is 2.29. The van der Waals surface area contributed by atoms with Gasteiger partial charge in [-0.1, -0.05) is 36.4 Å². The van der Waals surface area contributed by atoms with Crippen LogP contribution in [0.4, 0.5) is 10.5 Å². The number of hydrogen-bond acceptors (Lipinski definition) is 4. The Labute approximate surface area is 166 Å². The van der Waals surface area contributed by atoms with Gasteiger partial charge in [0.15, 0.2) is 0 Å². The summed E-state index contributed by atoms with van der Waals surface area (Å²) in [6, 6.07) is 17.1. The second-order valence-corrected chi connectivity index (χ2v) is 7.49. The molecule has 2 aromatic carbocycles. The van der Waals surface area contributed by atoms with Crippen molar-refractivity contribution in [2.75, 3.05) is 38.2 Å². The van der Waals surface area contributed by atoms with Gasteiger partial charge in [-0.15, -0.1) is 0 Å². The fourth-order valence-corrected chi connectivity index (χ4v) is 3.22. The normalized spacial score (nSPS) is 16.4. The minimum absolute atomic E-state index is 0.00220. The number of hydrogen-bond donors (Lipinski definition) is 2. The predicted molar refractivity (Wildman–Crippen MR) is 111 cm³/mol. The standard InChI is InChI=1S/C22H29N3O3/c1-22(2)17-27-15-14-25(22)13-12-23-21(26)24-20-11-7-6-8-18(20)16-28-19-9-4-3-5-10-19/h3-11H,12-17H2,1-2H3,(H2,23,24,26). The first kappa shape index (κ1) is 20.2. The topological polar surface area (TPSA) is 62.8 Å². The number of para-hydroxylation sites is 2. The number of nitrogens with zero attached hydrogens (tertiary/aromatic N) is 1. The molecule has 6 heteroatoms. The summed E-state index contributed by atoms with van der Waals surface area (Å²) in [7, 11) is 0. The first-order chi connectivity index (χ1) is 13.5. The smallest absolute Gasteiger partial charge is 0.319 e. The van der Waals surface area contributed by atoms with Crippen LogP contribution in [0.15, 0.2) is 54.6 Å². The first-order valence-electron chi connectivity index (χ1n) is 9.68. The number of urea groups is 1. The van der Waals surface area contributed by atoms with Gasteiger partial charge in [0.25, 0.3) is 0 Å². The minimum Gasteiger partial charge on any atom is -0.489 e. The summed E-state index contributed by atoms with van der Waals surface area (Å²) in [6.07, 6.45) is 0. The van der Waals surface area contributed by atoms with Gasteiger partial charge in [0, 0.05) is 36.4 Å². The Morgan fingerprint density at radius 2 is 1.89 bits per heavy atom. The molecule has 2 amide bonds. The molecule has 3 rings (SSSR count). The van der Waals surface area contributed by atoms with E-state index in [4.69, 9.17) is 9.47 Å². The van der Waals surface area contributed by atoms with E-state index < -0.39 is 0 Å². The molecule has 0 bridgehead atoms. The Hall–Kier alpha value is -2.57. The van der Waals surface area contributed by atoms with Crippen LogP contribution in [0.2, 0.25) is 0 Å². The van der Waals surface area contributed by atoms with Crippen LogP contribution in [0.3, 0.4) is 0 Å². The van der Waals surface area contributed by atoms with Gasteiger partial charge in [-0.05, 0) is 32.0 Å². The van der Waals surface area contributed by atoms with Crippen LogP contribution in [0.1, 0.15) is 19.4 Å². The molecule has 0 spiro atoms. The number of rotatable bonds is 7. The number of anilines is 1. The fraction of sp³-hybridized carbons (Fsp3) is 0.409. The van der Waals surface area contributed by atoms with Crippen molar-refractivity contribution in [3.8, 4) is 5.75 Å². The highest BCUT2D eigenvalue weighted by Crippen LogP contribution is 2.19. The largest absolute Gasteiger partial charge is 0.489 e. The molecule has 0 atom stereocenters. The van der Waals surface area contributed by atoms with Crippen LogP contribution in [0.25, 0.3) is 0 Å². The van der Waals surface area contributed by atoms with Crippen LogP contribution in [-0.2, 0) is 11.3 Å². The molecular formula is C22H29N3O3. The minimum atomic E-state index is -0.210. The van der Waals surface area contributed by atoms with Gasteiger partial charge in [-0.3, -0.25) is 4.90 Å². The molecular weight excluding hydrogens is 354 g/mol. The van der Waals surface area contributed by atoms with E-state index in [-0.39, 0.29) is 11.6 Å². The lowest BCUT2D eigenvalue weighted by molar-refractivity contribution is -0.0497. The molecule has 1 fully saturated rings. The predicted octanol–water partition coefficient (Wildman–Crippen LogP) is 3.50. The maximum Gasteiger partial charge on any atom is 0.319 e. The lowest BCUT2D eigenvalue weighted by atomic mass is 10.0. The second-order valence-electron chi connectivity index (χ2n) is 7.49. The van der Waals surface area contributed by atoms with Crippen molar-refractivity contribution < 1.29 is 14.3 Å². The average molecular weight is 383 g/mol. The summed E-state index contributed by atoms with van der Waals surface area (Å²) in [5.41, 5.74) is 1.68. The van der Waals surface area contributed by atoms with Gasteiger partial charge in [-0.25, -0.2) is 4.79 Å². The number of carbonyl (C=O) groups is 1. The SMILES string of the molecule is CC1(C)COCCN1CCNC(=O)Nc1ccccc1COc1ccccc1. The van der Waals surface area contributed by atoms with E-state index in [0.29, 0.717) is 19.8 Å². The van der Waals surface area contributed by atoms with E-state index in [9.17, 15) is 4.79 Å². The molecule has 0 unspecified atom stereocenters. The van der Waals surface area contributed by atoms with Gasteiger partial charge in [0.1, 0.15) is 12.4 Å². The van der Waals surface area contributed by atoms with E-state index >= 15 is 0 Å². The third-order valence-corrected chi connectivity index (χ3v) is 4.89. The van der Waals surface area contributed by atoms with Crippen molar-refractivity contribution in [2.24, 2.45) is 0 Å². The third-order valence-electron chi connectivity index (χ3n) is 4.89. The average Bonchev–Trinajstić information content (AvgIpc) is 2.69. The monoisotopic (exact) mass is 383 g/mol. The maximum atomic E-state index is 12.3. The van der Waals surface area contributed by atoms with Gasteiger partial charge < -0.3 is 20.1 Å². The molecule has 1 aliphatic heterocycles. The number of amides is 2. The van der Waals surface area contributed by atoms with Crippen molar-refractivity contribution in [3.63, 3.8) is 0 Å². The maximum absolute atomic E-state index is 12.3. The Bertz CT molecular complexity index is 765. The van der Waals surface area contributed by atoms with Gasteiger partial charge in [0.2, 0.25) is 0 Å². The molecule has 2 aromatic rings. The van der Waals surface area contributed by atoms with Crippen molar-refractivity contribution in [2.45, 2.75) is 26.0 Å². The highest BCUT2D eigenvalue weighted by molar-refractivity contribution is 5.90.